The second-order valence-corrected chi connectivity index (χ2v) is 6.32. The van der Waals surface area contributed by atoms with E-state index in [0.29, 0.717) is 0 Å². The summed E-state index contributed by atoms with van der Waals surface area (Å²) >= 11 is 0. The summed E-state index contributed by atoms with van der Waals surface area (Å²) in [6.07, 6.45) is 1.30. The molecule has 0 rings (SSSR count). The van der Waals surface area contributed by atoms with Crippen molar-refractivity contribution in [3.8, 4) is 0 Å². The van der Waals surface area contributed by atoms with Crippen molar-refractivity contribution in [3.63, 3.8) is 0 Å². The van der Waals surface area contributed by atoms with Crippen LogP contribution in [0.1, 0.15) is 13.3 Å². The second kappa shape index (κ2) is 6.82. The zero-order chi connectivity index (χ0) is 8.69. The average Bonchev–Trinajstić information content (AvgIpc) is 1.98. The van der Waals surface area contributed by atoms with Gasteiger partial charge in [0, 0.05) is 7.11 Å². The molecule has 0 amide bonds. The van der Waals surface area contributed by atoms with E-state index < -0.39 is 9.04 Å². The number of rotatable bonds is 6. The van der Waals surface area contributed by atoms with Crippen molar-refractivity contribution in [2.75, 3.05) is 27.7 Å². The first kappa shape index (κ1) is 11.1. The predicted octanol–water partition coefficient (Wildman–Crippen LogP) is 1.33. The van der Waals surface area contributed by atoms with Gasteiger partial charge in [-0.3, -0.25) is 0 Å². The van der Waals surface area contributed by atoms with E-state index in [-0.39, 0.29) is 0 Å². The van der Waals surface area contributed by atoms with Gasteiger partial charge in [0.25, 0.3) is 0 Å². The Kier molecular flexibility index (Phi) is 6.91. The Morgan fingerprint density at radius 1 is 1.36 bits per heavy atom. The number of hydrogen-bond donors (Lipinski definition) is 0. The van der Waals surface area contributed by atoms with Crippen LogP contribution in [0.15, 0.2) is 0 Å². The second-order valence-electron chi connectivity index (χ2n) is 3.21. The van der Waals surface area contributed by atoms with Gasteiger partial charge in [-0.25, -0.2) is 0 Å². The molecule has 0 aromatic carbocycles. The van der Waals surface area contributed by atoms with Crippen LogP contribution in [0.2, 0.25) is 12.1 Å². The lowest BCUT2D eigenvalue weighted by Gasteiger charge is -2.13. The van der Waals surface area contributed by atoms with Crippen LogP contribution in [0.3, 0.4) is 0 Å². The molecule has 0 fully saturated rings. The SMILES string of the molecule is CC[SiH](CCCN(C)C)OC. The normalized spacial score (nSPS) is 13.9. The molecule has 0 aromatic heterocycles. The molecule has 11 heavy (non-hydrogen) atoms. The molecule has 0 N–H and O–H groups in total. The first-order valence-corrected chi connectivity index (χ1v) is 6.48. The molecular formula is C8H21NOSi. The summed E-state index contributed by atoms with van der Waals surface area (Å²) in [6, 6.07) is 2.59. The quantitative estimate of drug-likeness (QED) is 0.565. The van der Waals surface area contributed by atoms with Crippen molar-refractivity contribution in [2.24, 2.45) is 0 Å². The van der Waals surface area contributed by atoms with E-state index in [1.54, 1.807) is 0 Å². The topological polar surface area (TPSA) is 12.5 Å². The van der Waals surface area contributed by atoms with Crippen LogP contribution in [0.5, 0.6) is 0 Å². The molecule has 0 spiro atoms. The van der Waals surface area contributed by atoms with E-state index in [0.717, 1.165) is 0 Å². The van der Waals surface area contributed by atoms with Crippen LogP contribution in [-0.2, 0) is 4.43 Å². The fourth-order valence-electron chi connectivity index (χ4n) is 1.12. The maximum Gasteiger partial charge on any atom is 0.176 e. The van der Waals surface area contributed by atoms with Gasteiger partial charge in [-0.05, 0) is 39.1 Å². The highest BCUT2D eigenvalue weighted by molar-refractivity contribution is 6.51. The van der Waals surface area contributed by atoms with Gasteiger partial charge in [0.2, 0.25) is 0 Å². The lowest BCUT2D eigenvalue weighted by Crippen LogP contribution is -2.18. The van der Waals surface area contributed by atoms with Crippen LogP contribution >= 0.6 is 0 Å². The van der Waals surface area contributed by atoms with Gasteiger partial charge < -0.3 is 9.33 Å². The van der Waals surface area contributed by atoms with Gasteiger partial charge in [-0.15, -0.1) is 0 Å². The van der Waals surface area contributed by atoms with E-state index in [2.05, 4.69) is 25.9 Å². The highest BCUT2D eigenvalue weighted by Gasteiger charge is 2.05. The molecule has 68 valence electrons. The van der Waals surface area contributed by atoms with Crippen molar-refractivity contribution in [3.05, 3.63) is 0 Å². The van der Waals surface area contributed by atoms with Gasteiger partial charge in [-0.1, -0.05) is 6.92 Å². The van der Waals surface area contributed by atoms with E-state index >= 15 is 0 Å². The molecular weight excluding hydrogens is 154 g/mol. The lowest BCUT2D eigenvalue weighted by atomic mass is 10.5. The van der Waals surface area contributed by atoms with E-state index in [4.69, 9.17) is 4.43 Å². The summed E-state index contributed by atoms with van der Waals surface area (Å²) in [4.78, 5) is 2.23. The third-order valence-electron chi connectivity index (χ3n) is 1.92. The molecule has 0 aliphatic rings. The highest BCUT2D eigenvalue weighted by atomic mass is 28.3. The highest BCUT2D eigenvalue weighted by Crippen LogP contribution is 2.03. The molecule has 3 heteroatoms. The van der Waals surface area contributed by atoms with Crippen LogP contribution < -0.4 is 0 Å². The van der Waals surface area contributed by atoms with Gasteiger partial charge in [0.1, 0.15) is 0 Å². The van der Waals surface area contributed by atoms with E-state index in [1.165, 1.54) is 25.1 Å². The first-order valence-electron chi connectivity index (χ1n) is 4.38. The van der Waals surface area contributed by atoms with Crippen LogP contribution in [0, 0.1) is 0 Å². The average molecular weight is 175 g/mol. The Bertz CT molecular complexity index is 84.2. The Labute approximate surface area is 72.3 Å². The molecule has 0 bridgehead atoms. The van der Waals surface area contributed by atoms with E-state index in [9.17, 15) is 0 Å². The largest absolute Gasteiger partial charge is 0.423 e. The molecule has 0 aliphatic heterocycles. The summed E-state index contributed by atoms with van der Waals surface area (Å²) in [5.74, 6) is 0. The van der Waals surface area contributed by atoms with Crippen LogP contribution in [0.25, 0.3) is 0 Å². The summed E-state index contributed by atoms with van der Waals surface area (Å²) < 4.78 is 5.40. The maximum absolute atomic E-state index is 5.40. The van der Waals surface area contributed by atoms with Gasteiger partial charge in [-0.2, -0.15) is 0 Å². The van der Waals surface area contributed by atoms with Crippen molar-refractivity contribution in [1.82, 2.24) is 4.90 Å². The minimum Gasteiger partial charge on any atom is -0.423 e. The Balaban J connectivity index is 3.21. The third-order valence-corrected chi connectivity index (χ3v) is 4.55. The zero-order valence-electron chi connectivity index (χ0n) is 8.26. The molecule has 2 nitrogen and oxygen atoms in total. The summed E-state index contributed by atoms with van der Waals surface area (Å²) in [5, 5.41) is 0. The Hall–Kier alpha value is 0.137. The minimum atomic E-state index is -0.778. The zero-order valence-corrected chi connectivity index (χ0v) is 9.42. The van der Waals surface area contributed by atoms with Crippen molar-refractivity contribution in [2.45, 2.75) is 25.4 Å². The van der Waals surface area contributed by atoms with Crippen LogP contribution in [-0.4, -0.2) is 41.7 Å². The van der Waals surface area contributed by atoms with Gasteiger partial charge in [0.05, 0.1) is 0 Å². The summed E-state index contributed by atoms with van der Waals surface area (Å²) in [7, 11) is 5.32. The third kappa shape index (κ3) is 6.53. The van der Waals surface area contributed by atoms with Crippen molar-refractivity contribution >= 4 is 9.04 Å². The first-order chi connectivity index (χ1) is 5.20. The molecule has 0 radical (unpaired) electrons. The fourth-order valence-corrected chi connectivity index (χ4v) is 2.74. The van der Waals surface area contributed by atoms with Gasteiger partial charge in [0.15, 0.2) is 9.04 Å². The summed E-state index contributed by atoms with van der Waals surface area (Å²) in [5.41, 5.74) is 0. The van der Waals surface area contributed by atoms with Crippen molar-refractivity contribution in [1.29, 1.82) is 0 Å². The molecule has 1 unspecified atom stereocenters. The molecule has 0 aromatic rings. The predicted molar refractivity (Wildman–Crippen MR) is 52.6 cm³/mol. The van der Waals surface area contributed by atoms with Crippen molar-refractivity contribution < 1.29 is 4.43 Å². The maximum atomic E-state index is 5.40. The van der Waals surface area contributed by atoms with E-state index in [1.807, 2.05) is 7.11 Å². The molecule has 0 aliphatic carbocycles. The molecule has 0 heterocycles. The number of hydrogen-bond acceptors (Lipinski definition) is 2. The Morgan fingerprint density at radius 3 is 2.36 bits per heavy atom. The van der Waals surface area contributed by atoms with Gasteiger partial charge >= 0.3 is 0 Å². The smallest absolute Gasteiger partial charge is 0.176 e. The van der Waals surface area contributed by atoms with Crippen LogP contribution in [0.4, 0.5) is 0 Å². The monoisotopic (exact) mass is 175 g/mol. The molecule has 1 atom stereocenters. The Morgan fingerprint density at radius 2 is 2.00 bits per heavy atom. The molecule has 0 saturated carbocycles. The number of nitrogens with zero attached hydrogens (tertiary/aromatic N) is 1. The molecule has 0 saturated heterocycles. The fraction of sp³-hybridized carbons (Fsp3) is 1.00. The minimum absolute atomic E-state index is 0.778. The standard InChI is InChI=1S/C8H21NOSi/c1-5-11(10-4)8-6-7-9(2)3/h11H,5-8H2,1-4H3. The lowest BCUT2D eigenvalue weighted by molar-refractivity contribution is 0.390. The summed E-state index contributed by atoms with van der Waals surface area (Å²) in [6.45, 7) is 3.43.